The summed E-state index contributed by atoms with van der Waals surface area (Å²) in [5, 5.41) is 8.46. The van der Waals surface area contributed by atoms with E-state index in [1.54, 1.807) is 54.6 Å². The molecule has 0 aliphatic carbocycles. The molecule has 7 nitrogen and oxygen atoms in total. The minimum Gasteiger partial charge on any atom is -0.494 e. The van der Waals surface area contributed by atoms with E-state index < -0.39 is 5.92 Å². The highest BCUT2D eigenvalue weighted by molar-refractivity contribution is 6.06. The third-order valence-corrected chi connectivity index (χ3v) is 5.15. The van der Waals surface area contributed by atoms with Crippen molar-refractivity contribution in [1.29, 1.82) is 0 Å². The zero-order valence-corrected chi connectivity index (χ0v) is 17.6. The molecule has 1 heterocycles. The molecule has 0 saturated carbocycles. The number of carbonyl (C=O) groups is 3. The van der Waals surface area contributed by atoms with E-state index in [0.29, 0.717) is 29.2 Å². The molecule has 162 valence electrons. The summed E-state index contributed by atoms with van der Waals surface area (Å²) >= 11 is 0. The number of ether oxygens (including phenoxy) is 1. The summed E-state index contributed by atoms with van der Waals surface area (Å²) < 4.78 is 5.40. The molecule has 1 atom stereocenters. The Kier molecular flexibility index (Phi) is 6.17. The molecule has 0 aromatic heterocycles. The smallest absolute Gasteiger partial charge is 0.255 e. The first-order chi connectivity index (χ1) is 15.5. The van der Waals surface area contributed by atoms with Crippen LogP contribution in [0.4, 0.5) is 17.1 Å². The monoisotopic (exact) mass is 429 g/mol. The minimum absolute atomic E-state index is 0.0887. The van der Waals surface area contributed by atoms with Crippen LogP contribution in [0.5, 0.6) is 5.75 Å². The van der Waals surface area contributed by atoms with E-state index in [2.05, 4.69) is 16.0 Å². The van der Waals surface area contributed by atoms with Crippen LogP contribution >= 0.6 is 0 Å². The van der Waals surface area contributed by atoms with Crippen LogP contribution in [0, 0.1) is 0 Å². The van der Waals surface area contributed by atoms with E-state index in [1.165, 1.54) is 0 Å². The summed E-state index contributed by atoms with van der Waals surface area (Å²) in [7, 11) is 0. The molecule has 0 saturated heterocycles. The Morgan fingerprint density at radius 1 is 0.938 bits per heavy atom. The highest BCUT2D eigenvalue weighted by Crippen LogP contribution is 2.32. The van der Waals surface area contributed by atoms with Crippen molar-refractivity contribution in [3.8, 4) is 5.75 Å². The summed E-state index contributed by atoms with van der Waals surface area (Å²) in [4.78, 5) is 37.3. The average molecular weight is 429 g/mol. The van der Waals surface area contributed by atoms with Gasteiger partial charge in [-0.1, -0.05) is 18.2 Å². The number of amides is 3. The van der Waals surface area contributed by atoms with Gasteiger partial charge in [-0.2, -0.15) is 0 Å². The Hall–Kier alpha value is -4.13. The quantitative estimate of drug-likeness (QED) is 0.541. The van der Waals surface area contributed by atoms with E-state index in [-0.39, 0.29) is 24.1 Å². The Labute approximate surface area is 185 Å². The van der Waals surface area contributed by atoms with Crippen molar-refractivity contribution >= 4 is 34.8 Å². The first-order valence-corrected chi connectivity index (χ1v) is 10.4. The van der Waals surface area contributed by atoms with Crippen LogP contribution < -0.4 is 20.7 Å². The number of fused-ring (bicyclic) bond motifs is 1. The number of benzene rings is 3. The molecule has 4 rings (SSSR count). The van der Waals surface area contributed by atoms with Crippen LogP contribution in [-0.2, 0) is 9.59 Å². The Bertz CT molecular complexity index is 1140. The van der Waals surface area contributed by atoms with E-state index in [0.717, 1.165) is 11.3 Å². The van der Waals surface area contributed by atoms with Gasteiger partial charge in [-0.15, -0.1) is 0 Å². The van der Waals surface area contributed by atoms with Gasteiger partial charge in [0.15, 0.2) is 0 Å². The van der Waals surface area contributed by atoms with Gasteiger partial charge in [0.25, 0.3) is 5.91 Å². The van der Waals surface area contributed by atoms with Crippen molar-refractivity contribution in [3.63, 3.8) is 0 Å². The van der Waals surface area contributed by atoms with E-state index in [1.807, 2.05) is 25.1 Å². The lowest BCUT2D eigenvalue weighted by atomic mass is 9.90. The molecule has 0 radical (unpaired) electrons. The van der Waals surface area contributed by atoms with Gasteiger partial charge in [-0.25, -0.2) is 0 Å². The van der Waals surface area contributed by atoms with Crippen molar-refractivity contribution in [2.75, 3.05) is 22.6 Å². The Balaban J connectivity index is 1.40. The molecule has 1 aliphatic rings. The summed E-state index contributed by atoms with van der Waals surface area (Å²) in [6, 6.07) is 21.0. The van der Waals surface area contributed by atoms with Crippen molar-refractivity contribution in [3.05, 3.63) is 83.9 Å². The van der Waals surface area contributed by atoms with Crippen LogP contribution in [0.25, 0.3) is 0 Å². The van der Waals surface area contributed by atoms with E-state index in [9.17, 15) is 14.4 Å². The summed E-state index contributed by atoms with van der Waals surface area (Å²) in [5.74, 6) is -0.541. The van der Waals surface area contributed by atoms with Gasteiger partial charge in [0.05, 0.1) is 12.5 Å². The van der Waals surface area contributed by atoms with E-state index in [4.69, 9.17) is 4.74 Å². The van der Waals surface area contributed by atoms with Gasteiger partial charge in [-0.05, 0) is 67.1 Å². The second kappa shape index (κ2) is 9.34. The molecule has 1 unspecified atom stereocenters. The molecule has 0 bridgehead atoms. The molecule has 3 aromatic rings. The molecule has 7 heteroatoms. The highest BCUT2D eigenvalue weighted by atomic mass is 16.5. The minimum atomic E-state index is -0.567. The fourth-order valence-electron chi connectivity index (χ4n) is 3.58. The number of anilines is 3. The standard InChI is InChI=1S/C25H23N3O4/c1-2-32-19-13-11-18(12-14-19)26-24(30)16-7-9-17(10-8-16)27-25(31)21-15-23(29)28-22-6-4-3-5-20(21)22/h3-14,21H,2,15H2,1H3,(H,26,30)(H,27,31)(H,28,29). The number of rotatable bonds is 6. The fourth-order valence-corrected chi connectivity index (χ4v) is 3.58. The second-order valence-electron chi connectivity index (χ2n) is 7.37. The summed E-state index contributed by atoms with van der Waals surface area (Å²) in [6.45, 7) is 2.49. The molecule has 1 aliphatic heterocycles. The lowest BCUT2D eigenvalue weighted by molar-refractivity contribution is -0.123. The Morgan fingerprint density at radius 2 is 1.59 bits per heavy atom. The van der Waals surface area contributed by atoms with E-state index >= 15 is 0 Å². The SMILES string of the molecule is CCOc1ccc(NC(=O)c2ccc(NC(=O)C3CC(=O)Nc4ccccc43)cc2)cc1. The third-order valence-electron chi connectivity index (χ3n) is 5.15. The first-order valence-electron chi connectivity index (χ1n) is 10.4. The highest BCUT2D eigenvalue weighted by Gasteiger charge is 2.30. The van der Waals surface area contributed by atoms with Crippen LogP contribution in [-0.4, -0.2) is 24.3 Å². The Morgan fingerprint density at radius 3 is 2.31 bits per heavy atom. The maximum atomic E-state index is 12.8. The molecule has 3 N–H and O–H groups in total. The van der Waals surface area contributed by atoms with Gasteiger partial charge in [0.1, 0.15) is 5.75 Å². The molecule has 32 heavy (non-hydrogen) atoms. The van der Waals surface area contributed by atoms with Gasteiger partial charge in [0.2, 0.25) is 11.8 Å². The maximum Gasteiger partial charge on any atom is 0.255 e. The zero-order chi connectivity index (χ0) is 22.5. The van der Waals surface area contributed by atoms with Crippen LogP contribution in [0.15, 0.2) is 72.8 Å². The summed E-state index contributed by atoms with van der Waals surface area (Å²) in [5.41, 5.74) is 3.11. The van der Waals surface area contributed by atoms with Gasteiger partial charge in [-0.3, -0.25) is 14.4 Å². The molecule has 3 amide bonds. The topological polar surface area (TPSA) is 96.5 Å². The third kappa shape index (κ3) is 4.78. The largest absolute Gasteiger partial charge is 0.494 e. The fraction of sp³-hybridized carbons (Fsp3) is 0.160. The first kappa shape index (κ1) is 21.1. The van der Waals surface area contributed by atoms with Crippen molar-refractivity contribution in [2.45, 2.75) is 19.3 Å². The number of nitrogens with one attached hydrogen (secondary N) is 3. The zero-order valence-electron chi connectivity index (χ0n) is 17.6. The number of hydrogen-bond donors (Lipinski definition) is 3. The molecule has 3 aromatic carbocycles. The van der Waals surface area contributed by atoms with Gasteiger partial charge < -0.3 is 20.7 Å². The van der Waals surface area contributed by atoms with Crippen LogP contribution in [0.3, 0.4) is 0 Å². The van der Waals surface area contributed by atoms with Crippen molar-refractivity contribution in [2.24, 2.45) is 0 Å². The van der Waals surface area contributed by atoms with Gasteiger partial charge in [0, 0.05) is 29.0 Å². The number of hydrogen-bond acceptors (Lipinski definition) is 4. The van der Waals surface area contributed by atoms with Crippen molar-refractivity contribution in [1.82, 2.24) is 0 Å². The predicted octanol–water partition coefficient (Wildman–Crippen LogP) is 4.40. The molecule has 0 fully saturated rings. The average Bonchev–Trinajstić information content (AvgIpc) is 2.80. The lowest BCUT2D eigenvalue weighted by Gasteiger charge is -2.24. The predicted molar refractivity (Wildman–Crippen MR) is 123 cm³/mol. The van der Waals surface area contributed by atoms with Crippen LogP contribution in [0.2, 0.25) is 0 Å². The second-order valence-corrected chi connectivity index (χ2v) is 7.37. The molecule has 0 spiro atoms. The number of para-hydroxylation sites is 1. The van der Waals surface area contributed by atoms with Crippen LogP contribution in [0.1, 0.15) is 35.2 Å². The lowest BCUT2D eigenvalue weighted by Crippen LogP contribution is -2.30. The summed E-state index contributed by atoms with van der Waals surface area (Å²) in [6.07, 6.45) is 0.0887. The van der Waals surface area contributed by atoms with Gasteiger partial charge >= 0.3 is 0 Å². The molecular weight excluding hydrogens is 406 g/mol. The molecular formula is C25H23N3O4. The van der Waals surface area contributed by atoms with Crippen molar-refractivity contribution < 1.29 is 19.1 Å². The maximum absolute atomic E-state index is 12.8. The normalized spacial score (nSPS) is 14.7. The number of carbonyl (C=O) groups excluding carboxylic acids is 3.